The van der Waals surface area contributed by atoms with Gasteiger partial charge >= 0.3 is 24.2 Å². The Balaban J connectivity index is 3.44. The molecule has 0 aliphatic rings. The van der Waals surface area contributed by atoms with E-state index in [4.69, 9.17) is 40.1 Å². The third-order valence-corrected chi connectivity index (χ3v) is 6.26. The van der Waals surface area contributed by atoms with E-state index in [1.54, 1.807) is 41.5 Å². The first-order chi connectivity index (χ1) is 20.1. The third kappa shape index (κ3) is 10.5. The predicted molar refractivity (Wildman–Crippen MR) is 152 cm³/mol. The van der Waals surface area contributed by atoms with Crippen molar-refractivity contribution in [3.05, 3.63) is 29.8 Å². The summed E-state index contributed by atoms with van der Waals surface area (Å²) in [6, 6.07) is 5.77. The molecule has 0 fully saturated rings. The van der Waals surface area contributed by atoms with Crippen molar-refractivity contribution in [1.29, 1.82) is 0 Å². The average molecular weight is 613 g/mol. The van der Waals surface area contributed by atoms with Crippen LogP contribution in [0.5, 0.6) is 5.75 Å². The lowest BCUT2D eigenvalue weighted by Gasteiger charge is -2.37. The quantitative estimate of drug-likeness (QED) is 0.0526. The van der Waals surface area contributed by atoms with Gasteiger partial charge in [-0.2, -0.15) is 0 Å². The molecule has 1 aromatic carbocycles. The minimum atomic E-state index is -1.91. The van der Waals surface area contributed by atoms with E-state index in [2.05, 4.69) is 10.9 Å². The third-order valence-electron chi connectivity index (χ3n) is 6.26. The molecule has 6 N–H and O–H groups in total. The van der Waals surface area contributed by atoms with Gasteiger partial charge in [0, 0.05) is 12.3 Å². The topological polar surface area (TPSA) is 217 Å². The number of hydrazine groups is 2. The molecule has 0 aromatic heterocycles. The van der Waals surface area contributed by atoms with Crippen LogP contribution in [0.15, 0.2) is 24.3 Å². The number of nitrogens with two attached hydrogens (primary N) is 2. The Hall–Kier alpha value is -3.79. The second-order valence-corrected chi connectivity index (χ2v) is 10.6. The molecule has 0 heterocycles. The molecule has 242 valence electrons. The summed E-state index contributed by atoms with van der Waals surface area (Å²) >= 11 is 0. The highest BCUT2D eigenvalue weighted by Crippen LogP contribution is 2.35. The molecule has 0 saturated carbocycles. The fraction of sp³-hybridized carbons (Fsp3) is 0.607. The molecule has 0 aliphatic carbocycles. The summed E-state index contributed by atoms with van der Waals surface area (Å²) in [6.07, 6.45) is -5.45. The van der Waals surface area contributed by atoms with Crippen LogP contribution in [0.2, 0.25) is 0 Å². The van der Waals surface area contributed by atoms with Gasteiger partial charge in [0.1, 0.15) is 16.8 Å². The number of rotatable bonds is 16. The number of carbonyl (C=O) groups excluding carboxylic acids is 5. The lowest BCUT2D eigenvalue weighted by atomic mass is 9.80. The lowest BCUT2D eigenvalue weighted by Crippen LogP contribution is -2.63. The van der Waals surface area contributed by atoms with Crippen LogP contribution in [0.1, 0.15) is 73.5 Å². The number of nitrogens with one attached hydrogen (secondary N) is 2. The molecule has 43 heavy (non-hydrogen) atoms. The Morgan fingerprint density at radius 1 is 0.860 bits per heavy atom. The molecule has 0 saturated heterocycles. The molecule has 15 heteroatoms. The highest BCUT2D eigenvalue weighted by Gasteiger charge is 2.49. The second kappa shape index (κ2) is 16.7. The summed E-state index contributed by atoms with van der Waals surface area (Å²) in [7, 11) is 0. The van der Waals surface area contributed by atoms with E-state index in [0.29, 0.717) is 0 Å². The van der Waals surface area contributed by atoms with Gasteiger partial charge < -0.3 is 28.4 Å². The molecule has 1 rings (SSSR count). The van der Waals surface area contributed by atoms with Gasteiger partial charge in [0.05, 0.1) is 19.1 Å². The molecular weight excluding hydrogens is 568 g/mol. The van der Waals surface area contributed by atoms with Crippen molar-refractivity contribution in [2.24, 2.45) is 23.5 Å². The Morgan fingerprint density at radius 2 is 1.47 bits per heavy atom. The van der Waals surface area contributed by atoms with Gasteiger partial charge in [-0.25, -0.2) is 25.2 Å². The summed E-state index contributed by atoms with van der Waals surface area (Å²) in [5.41, 5.74) is 1.10. The van der Waals surface area contributed by atoms with Crippen molar-refractivity contribution in [1.82, 2.24) is 10.9 Å². The molecule has 15 nitrogen and oxygen atoms in total. The van der Waals surface area contributed by atoms with E-state index in [-0.39, 0.29) is 24.5 Å². The lowest BCUT2D eigenvalue weighted by molar-refractivity contribution is -0.202. The molecular formula is C28H44N4O11. The highest BCUT2D eigenvalue weighted by atomic mass is 16.7. The van der Waals surface area contributed by atoms with E-state index in [1.807, 2.05) is 0 Å². The van der Waals surface area contributed by atoms with Crippen LogP contribution in [-0.4, -0.2) is 60.6 Å². The summed E-state index contributed by atoms with van der Waals surface area (Å²) in [6.45, 7) is 12.5. The zero-order chi connectivity index (χ0) is 33.0. The number of Topliss-reactive ketones (excluding diaryl/α,β-unsaturated/α-hetero) is 1. The maximum absolute atomic E-state index is 13.9. The number of ketones is 1. The molecule has 1 aromatic rings. The second-order valence-electron chi connectivity index (χ2n) is 10.6. The van der Waals surface area contributed by atoms with Gasteiger partial charge in [-0.1, -0.05) is 39.8 Å². The van der Waals surface area contributed by atoms with Gasteiger partial charge in [-0.3, -0.25) is 21.3 Å². The fourth-order valence-corrected chi connectivity index (χ4v) is 3.52. The zero-order valence-electron chi connectivity index (χ0n) is 25.9. The first kappa shape index (κ1) is 37.2. The molecule has 4 atom stereocenters. The van der Waals surface area contributed by atoms with Crippen molar-refractivity contribution in [3.63, 3.8) is 0 Å². The highest BCUT2D eigenvalue weighted by molar-refractivity contribution is 5.95. The summed E-state index contributed by atoms with van der Waals surface area (Å²) in [4.78, 5) is 63.6. The maximum atomic E-state index is 13.9. The van der Waals surface area contributed by atoms with Crippen LogP contribution >= 0.6 is 0 Å². The summed E-state index contributed by atoms with van der Waals surface area (Å²) in [5.74, 6) is 8.36. The molecule has 0 aliphatic heterocycles. The molecule has 0 bridgehead atoms. The van der Waals surface area contributed by atoms with Gasteiger partial charge in [0.2, 0.25) is 6.29 Å². The molecule has 0 radical (unpaired) electrons. The normalized spacial score (nSPS) is 15.3. The van der Waals surface area contributed by atoms with Gasteiger partial charge in [-0.15, -0.1) is 0 Å². The number of benzene rings is 1. The van der Waals surface area contributed by atoms with Crippen LogP contribution in [-0.2, 0) is 38.1 Å². The Labute approximate surface area is 251 Å². The largest absolute Gasteiger partial charge is 0.513 e. The fourth-order valence-electron chi connectivity index (χ4n) is 3.52. The summed E-state index contributed by atoms with van der Waals surface area (Å²) < 4.78 is 31.1. The number of carbonyl (C=O) groups is 5. The Morgan fingerprint density at radius 3 is 1.98 bits per heavy atom. The van der Waals surface area contributed by atoms with Crippen molar-refractivity contribution in [2.75, 3.05) is 13.2 Å². The minimum Gasteiger partial charge on any atom is -0.435 e. The first-order valence-electron chi connectivity index (χ1n) is 13.8. The van der Waals surface area contributed by atoms with Crippen molar-refractivity contribution in [2.45, 2.75) is 85.3 Å². The Kier molecular flexibility index (Phi) is 14.5. The van der Waals surface area contributed by atoms with Crippen LogP contribution < -0.4 is 27.3 Å². The predicted octanol–water partition coefficient (Wildman–Crippen LogP) is 2.56. The van der Waals surface area contributed by atoms with Crippen LogP contribution in [0, 0.1) is 11.8 Å². The van der Waals surface area contributed by atoms with Crippen LogP contribution in [0.3, 0.4) is 0 Å². The number of hydrogen-bond acceptors (Lipinski definition) is 15. The van der Waals surface area contributed by atoms with E-state index in [1.165, 1.54) is 38.1 Å². The monoisotopic (exact) mass is 612 g/mol. The van der Waals surface area contributed by atoms with Gasteiger partial charge in [0.25, 0.3) is 0 Å². The standard InChI is InChI=1S/C28H44N4O11/c1-9-38-25(36)40-19-13-11-12-18(14-19)21(41-26(37)39-10-2)28(8,32-30)20(33)15-27(7,31-29)24(35)43-23(17(5)6)42-22(34)16(3)4/h11-14,16-17,21,23,31-32H,9-10,15,29-30H2,1-8H3/t21-,23-,27-,28+/m0/s1. The van der Waals surface area contributed by atoms with E-state index >= 15 is 0 Å². The van der Waals surface area contributed by atoms with E-state index < -0.39 is 71.8 Å². The number of hydrogen-bond donors (Lipinski definition) is 4. The summed E-state index contributed by atoms with van der Waals surface area (Å²) in [5, 5.41) is 0. The van der Waals surface area contributed by atoms with Gasteiger partial charge in [-0.05, 0) is 45.4 Å². The number of esters is 2. The smallest absolute Gasteiger partial charge is 0.435 e. The Bertz CT molecular complexity index is 1130. The molecule has 0 unspecified atom stereocenters. The SMILES string of the molecule is CCOC(=O)Oc1cccc([C@H](OC(=O)OCC)[C@](C)(NN)C(=O)C[C@](C)(NN)C(=O)O[C@H](OC(=O)C(C)C)C(C)C)c1. The average Bonchev–Trinajstić information content (AvgIpc) is 2.95. The van der Waals surface area contributed by atoms with Crippen LogP contribution in [0.25, 0.3) is 0 Å². The molecule has 0 amide bonds. The van der Waals surface area contributed by atoms with Crippen molar-refractivity contribution in [3.8, 4) is 5.75 Å². The van der Waals surface area contributed by atoms with Crippen molar-refractivity contribution >= 4 is 30.0 Å². The van der Waals surface area contributed by atoms with E-state index in [0.717, 1.165) is 0 Å². The zero-order valence-corrected chi connectivity index (χ0v) is 25.9. The maximum Gasteiger partial charge on any atom is 0.513 e. The minimum absolute atomic E-state index is 0.0212. The number of ether oxygens (including phenoxy) is 6. The molecule has 0 spiro atoms. The van der Waals surface area contributed by atoms with E-state index in [9.17, 15) is 24.0 Å². The first-order valence-corrected chi connectivity index (χ1v) is 13.8. The van der Waals surface area contributed by atoms with Gasteiger partial charge in [0.15, 0.2) is 11.9 Å². The van der Waals surface area contributed by atoms with Crippen molar-refractivity contribution < 1.29 is 52.4 Å². The van der Waals surface area contributed by atoms with Crippen LogP contribution in [0.4, 0.5) is 9.59 Å².